The molecule has 0 saturated carbocycles. The van der Waals surface area contributed by atoms with Crippen molar-refractivity contribution in [2.45, 2.75) is 19.9 Å². The largest absolute Gasteiger partial charge is 0.336 e. The second-order valence-electron chi connectivity index (χ2n) is 4.33. The molecule has 0 fully saturated rings. The molecule has 0 saturated heterocycles. The van der Waals surface area contributed by atoms with Gasteiger partial charge in [0.15, 0.2) is 0 Å². The monoisotopic (exact) mass is 229 g/mol. The van der Waals surface area contributed by atoms with Crippen LogP contribution in [-0.4, -0.2) is 16.1 Å². The van der Waals surface area contributed by atoms with Gasteiger partial charge in [0.2, 0.25) is 0 Å². The van der Waals surface area contributed by atoms with Gasteiger partial charge in [0, 0.05) is 7.05 Å². The van der Waals surface area contributed by atoms with Crippen LogP contribution in [0.15, 0.2) is 36.8 Å². The van der Waals surface area contributed by atoms with E-state index in [1.165, 1.54) is 16.8 Å². The van der Waals surface area contributed by atoms with Crippen molar-refractivity contribution in [2.75, 3.05) is 6.54 Å². The van der Waals surface area contributed by atoms with Gasteiger partial charge in [0.1, 0.15) is 0 Å². The van der Waals surface area contributed by atoms with Crippen molar-refractivity contribution in [2.24, 2.45) is 7.05 Å². The smallest absolute Gasteiger partial charge is 0.0946 e. The van der Waals surface area contributed by atoms with Crippen LogP contribution in [0.25, 0.3) is 0 Å². The highest BCUT2D eigenvalue weighted by molar-refractivity contribution is 5.29. The second-order valence-corrected chi connectivity index (χ2v) is 4.33. The fourth-order valence-corrected chi connectivity index (χ4v) is 2.00. The number of rotatable bonds is 4. The minimum absolute atomic E-state index is 0.216. The molecule has 0 aliphatic rings. The maximum absolute atomic E-state index is 4.19. The predicted octanol–water partition coefficient (Wildman–Crippen LogP) is 2.43. The number of aryl methyl sites for hydroxylation is 2. The molecule has 2 rings (SSSR count). The number of nitrogens with zero attached hydrogens (tertiary/aromatic N) is 2. The van der Waals surface area contributed by atoms with Crippen LogP contribution < -0.4 is 5.32 Å². The van der Waals surface area contributed by atoms with Crippen molar-refractivity contribution >= 4 is 0 Å². The van der Waals surface area contributed by atoms with Crippen molar-refractivity contribution in [1.82, 2.24) is 14.9 Å². The summed E-state index contributed by atoms with van der Waals surface area (Å²) in [4.78, 5) is 4.19. The van der Waals surface area contributed by atoms with Gasteiger partial charge in [0.25, 0.3) is 0 Å². The molecule has 3 heteroatoms. The van der Waals surface area contributed by atoms with E-state index in [9.17, 15) is 0 Å². The van der Waals surface area contributed by atoms with Crippen LogP contribution in [0.3, 0.4) is 0 Å². The molecule has 0 bridgehead atoms. The van der Waals surface area contributed by atoms with Gasteiger partial charge in [-0.15, -0.1) is 0 Å². The number of aromatic nitrogens is 2. The zero-order chi connectivity index (χ0) is 12.3. The van der Waals surface area contributed by atoms with Crippen molar-refractivity contribution in [3.8, 4) is 0 Å². The molecule has 1 aromatic heterocycles. The van der Waals surface area contributed by atoms with Crippen molar-refractivity contribution in [3.05, 3.63) is 53.6 Å². The van der Waals surface area contributed by atoms with E-state index in [-0.39, 0.29) is 6.04 Å². The Kier molecular flexibility index (Phi) is 3.59. The summed E-state index contributed by atoms with van der Waals surface area (Å²) < 4.78 is 2.06. The summed E-state index contributed by atoms with van der Waals surface area (Å²) in [6.45, 7) is 5.16. The highest BCUT2D eigenvalue weighted by Gasteiger charge is 2.15. The molecule has 0 aliphatic carbocycles. The van der Waals surface area contributed by atoms with Gasteiger partial charge in [-0.05, 0) is 19.0 Å². The number of imidazole rings is 1. The summed E-state index contributed by atoms with van der Waals surface area (Å²) in [5.74, 6) is 0. The van der Waals surface area contributed by atoms with E-state index in [4.69, 9.17) is 0 Å². The van der Waals surface area contributed by atoms with Crippen LogP contribution >= 0.6 is 0 Å². The Morgan fingerprint density at radius 3 is 2.53 bits per heavy atom. The van der Waals surface area contributed by atoms with Crippen LogP contribution in [-0.2, 0) is 7.05 Å². The van der Waals surface area contributed by atoms with Gasteiger partial charge >= 0.3 is 0 Å². The fraction of sp³-hybridized carbons (Fsp3) is 0.357. The van der Waals surface area contributed by atoms with Crippen molar-refractivity contribution in [3.63, 3.8) is 0 Å². The molecule has 0 spiro atoms. The van der Waals surface area contributed by atoms with E-state index in [1.807, 2.05) is 19.6 Å². The quantitative estimate of drug-likeness (QED) is 0.872. The summed E-state index contributed by atoms with van der Waals surface area (Å²) in [6, 6.07) is 8.87. The zero-order valence-corrected chi connectivity index (χ0v) is 10.6. The molecule has 3 nitrogen and oxygen atoms in total. The molecule has 1 heterocycles. The lowest BCUT2D eigenvalue weighted by Crippen LogP contribution is -2.23. The average molecular weight is 229 g/mol. The van der Waals surface area contributed by atoms with Gasteiger partial charge in [-0.2, -0.15) is 0 Å². The molecule has 0 radical (unpaired) electrons. The Labute approximate surface area is 103 Å². The Balaban J connectivity index is 2.35. The maximum atomic E-state index is 4.19. The Morgan fingerprint density at radius 1 is 1.29 bits per heavy atom. The summed E-state index contributed by atoms with van der Waals surface area (Å²) in [5, 5.41) is 3.50. The zero-order valence-electron chi connectivity index (χ0n) is 10.6. The molecule has 2 aromatic rings. The third-order valence-corrected chi connectivity index (χ3v) is 2.97. The number of nitrogens with one attached hydrogen (secondary N) is 1. The topological polar surface area (TPSA) is 29.9 Å². The van der Waals surface area contributed by atoms with E-state index in [0.29, 0.717) is 0 Å². The highest BCUT2D eigenvalue weighted by Crippen LogP contribution is 2.21. The lowest BCUT2D eigenvalue weighted by atomic mass is 10.0. The SMILES string of the molecule is CCNC(c1ccc(C)cc1)c1cncn1C. The first-order chi connectivity index (χ1) is 8.22. The fourth-order valence-electron chi connectivity index (χ4n) is 2.00. The molecule has 17 heavy (non-hydrogen) atoms. The number of hydrogen-bond donors (Lipinski definition) is 1. The molecule has 0 aliphatic heterocycles. The Hall–Kier alpha value is -1.61. The highest BCUT2D eigenvalue weighted by atomic mass is 15.1. The molecule has 1 aromatic carbocycles. The van der Waals surface area contributed by atoms with E-state index in [2.05, 4.69) is 53.0 Å². The molecular weight excluding hydrogens is 210 g/mol. The third-order valence-electron chi connectivity index (χ3n) is 2.97. The van der Waals surface area contributed by atoms with E-state index >= 15 is 0 Å². The molecular formula is C14H19N3. The van der Waals surface area contributed by atoms with Crippen LogP contribution in [0.2, 0.25) is 0 Å². The summed E-state index contributed by atoms with van der Waals surface area (Å²) in [5.41, 5.74) is 3.76. The first-order valence-corrected chi connectivity index (χ1v) is 5.98. The van der Waals surface area contributed by atoms with Crippen LogP contribution in [0.4, 0.5) is 0 Å². The Morgan fingerprint density at radius 2 is 2.00 bits per heavy atom. The van der Waals surface area contributed by atoms with E-state index in [1.54, 1.807) is 0 Å². The normalized spacial score (nSPS) is 12.6. The molecule has 1 atom stereocenters. The van der Waals surface area contributed by atoms with Gasteiger partial charge in [0.05, 0.1) is 24.3 Å². The second kappa shape index (κ2) is 5.15. The molecule has 0 amide bonds. The lowest BCUT2D eigenvalue weighted by molar-refractivity contribution is 0.593. The first-order valence-electron chi connectivity index (χ1n) is 5.98. The molecule has 1 unspecified atom stereocenters. The Bertz CT molecular complexity index is 470. The molecule has 1 N–H and O–H groups in total. The number of benzene rings is 1. The minimum Gasteiger partial charge on any atom is -0.336 e. The van der Waals surface area contributed by atoms with Gasteiger partial charge in [-0.1, -0.05) is 36.8 Å². The minimum atomic E-state index is 0.216. The van der Waals surface area contributed by atoms with Gasteiger partial charge < -0.3 is 9.88 Å². The predicted molar refractivity (Wildman–Crippen MR) is 69.9 cm³/mol. The standard InChI is InChI=1S/C14H19N3/c1-4-16-14(13-9-15-10-17(13)3)12-7-5-11(2)6-8-12/h5-10,14,16H,4H2,1-3H3. The van der Waals surface area contributed by atoms with Crippen molar-refractivity contribution < 1.29 is 0 Å². The van der Waals surface area contributed by atoms with Gasteiger partial charge in [-0.25, -0.2) is 4.98 Å². The average Bonchev–Trinajstić information content (AvgIpc) is 2.74. The van der Waals surface area contributed by atoms with Crippen LogP contribution in [0.1, 0.15) is 29.8 Å². The summed E-state index contributed by atoms with van der Waals surface area (Å²) in [7, 11) is 2.03. The van der Waals surface area contributed by atoms with Crippen LogP contribution in [0.5, 0.6) is 0 Å². The maximum Gasteiger partial charge on any atom is 0.0946 e. The van der Waals surface area contributed by atoms with E-state index < -0.39 is 0 Å². The first kappa shape index (κ1) is 11.9. The van der Waals surface area contributed by atoms with Crippen molar-refractivity contribution in [1.29, 1.82) is 0 Å². The number of hydrogen-bond acceptors (Lipinski definition) is 2. The van der Waals surface area contributed by atoms with E-state index in [0.717, 1.165) is 6.54 Å². The van der Waals surface area contributed by atoms with Crippen LogP contribution in [0, 0.1) is 6.92 Å². The van der Waals surface area contributed by atoms with Gasteiger partial charge in [-0.3, -0.25) is 0 Å². The molecule has 90 valence electrons. The summed E-state index contributed by atoms with van der Waals surface area (Å²) >= 11 is 0. The third kappa shape index (κ3) is 2.56. The summed E-state index contributed by atoms with van der Waals surface area (Å²) in [6.07, 6.45) is 3.76. The lowest BCUT2D eigenvalue weighted by Gasteiger charge is -2.19.